The highest BCUT2D eigenvalue weighted by molar-refractivity contribution is 6.01. The summed E-state index contributed by atoms with van der Waals surface area (Å²) in [5.74, 6) is -0.568. The summed E-state index contributed by atoms with van der Waals surface area (Å²) in [6, 6.07) is 16.3. The van der Waals surface area contributed by atoms with E-state index in [1.165, 1.54) is 31.4 Å². The van der Waals surface area contributed by atoms with E-state index in [0.29, 0.717) is 11.3 Å². The topological polar surface area (TPSA) is 88.4 Å². The number of rotatable bonds is 9. The number of esters is 1. The molecule has 2 rings (SSSR count). The maximum atomic E-state index is 12.1. The van der Waals surface area contributed by atoms with Gasteiger partial charge < -0.3 is 14.8 Å². The number of nitrogens with one attached hydrogen (secondary N) is 1. The Labute approximate surface area is 181 Å². The van der Waals surface area contributed by atoms with Gasteiger partial charge in [0.15, 0.2) is 11.5 Å². The Morgan fingerprint density at radius 3 is 2.55 bits per heavy atom. The van der Waals surface area contributed by atoms with Crippen LogP contribution in [0.15, 0.2) is 85.0 Å². The lowest BCUT2D eigenvalue weighted by Crippen LogP contribution is -2.24. The zero-order valence-corrected chi connectivity index (χ0v) is 17.1. The number of hydrogen-bond acceptors (Lipinski definition) is 5. The minimum Gasteiger partial charge on any atom is -0.493 e. The van der Waals surface area contributed by atoms with Crippen LogP contribution in [-0.4, -0.2) is 25.5 Å². The predicted molar refractivity (Wildman–Crippen MR) is 120 cm³/mol. The maximum absolute atomic E-state index is 12.1. The molecule has 6 heteroatoms. The summed E-state index contributed by atoms with van der Waals surface area (Å²) in [4.78, 5) is 24.0. The summed E-state index contributed by atoms with van der Waals surface area (Å²) in [5, 5.41) is 11.8. The van der Waals surface area contributed by atoms with Crippen molar-refractivity contribution in [1.82, 2.24) is 5.32 Å². The van der Waals surface area contributed by atoms with Gasteiger partial charge in [-0.2, -0.15) is 5.26 Å². The van der Waals surface area contributed by atoms with Crippen LogP contribution < -0.4 is 14.8 Å². The summed E-state index contributed by atoms with van der Waals surface area (Å²) >= 11 is 0. The van der Waals surface area contributed by atoms with Gasteiger partial charge in [0.05, 0.1) is 7.11 Å². The van der Waals surface area contributed by atoms with Crippen LogP contribution >= 0.6 is 0 Å². The maximum Gasteiger partial charge on any atom is 0.336 e. The molecule has 1 amide bonds. The lowest BCUT2D eigenvalue weighted by molar-refractivity contribution is -0.129. The van der Waals surface area contributed by atoms with Crippen molar-refractivity contribution in [1.29, 1.82) is 5.26 Å². The minimum atomic E-state index is -0.569. The molecular weight excluding hydrogens is 392 g/mol. The van der Waals surface area contributed by atoms with Gasteiger partial charge in [0.1, 0.15) is 11.6 Å². The Kier molecular flexibility index (Phi) is 9.05. The molecule has 6 nitrogen and oxygen atoms in total. The number of methoxy groups -OCH3 is 1. The minimum absolute atomic E-state index is 0.0678. The molecule has 0 bridgehead atoms. The average Bonchev–Trinajstić information content (AvgIpc) is 2.80. The quantitative estimate of drug-likeness (QED) is 0.167. The third-order valence-corrected chi connectivity index (χ3v) is 3.91. The second kappa shape index (κ2) is 12.2. The molecule has 0 aliphatic carbocycles. The zero-order chi connectivity index (χ0) is 22.5. The van der Waals surface area contributed by atoms with Gasteiger partial charge in [-0.25, -0.2) is 4.79 Å². The normalized spacial score (nSPS) is 11.2. The van der Waals surface area contributed by atoms with Crippen molar-refractivity contribution in [3.63, 3.8) is 0 Å². The summed E-state index contributed by atoms with van der Waals surface area (Å²) in [6.45, 7) is 3.77. The highest BCUT2D eigenvalue weighted by Gasteiger charge is 2.11. The van der Waals surface area contributed by atoms with Gasteiger partial charge in [0, 0.05) is 12.6 Å². The molecule has 0 unspecified atom stereocenters. The molecule has 0 fully saturated rings. The fourth-order valence-electron chi connectivity index (χ4n) is 2.44. The molecule has 31 heavy (non-hydrogen) atoms. The number of benzene rings is 2. The molecule has 0 saturated heterocycles. The number of allylic oxidation sites excluding steroid dienone is 2. The average molecular weight is 414 g/mol. The smallest absolute Gasteiger partial charge is 0.336 e. The van der Waals surface area contributed by atoms with Gasteiger partial charge in [-0.3, -0.25) is 4.79 Å². The van der Waals surface area contributed by atoms with Crippen molar-refractivity contribution in [2.24, 2.45) is 0 Å². The third kappa shape index (κ3) is 7.52. The van der Waals surface area contributed by atoms with Gasteiger partial charge in [-0.15, -0.1) is 6.58 Å². The first-order chi connectivity index (χ1) is 15.1. The molecule has 0 spiro atoms. The van der Waals surface area contributed by atoms with E-state index in [2.05, 4.69) is 11.9 Å². The van der Waals surface area contributed by atoms with E-state index < -0.39 is 11.9 Å². The van der Waals surface area contributed by atoms with E-state index in [0.717, 1.165) is 5.56 Å². The SMILES string of the molecule is C=CCNC(=O)C(C#N)=Cc1ccc(OC(=O)C=CC=Cc2ccccc2)c(OC)c1. The standard InChI is InChI=1S/C25H22N2O4/c1-3-15-27-25(29)21(18-26)16-20-13-14-22(23(17-20)30-2)31-24(28)12-8-7-11-19-9-5-4-6-10-19/h3-14,16-17H,1,15H2,2H3,(H,27,29). The van der Waals surface area contributed by atoms with Gasteiger partial charge in [0.2, 0.25) is 0 Å². The van der Waals surface area contributed by atoms with E-state index in [1.807, 2.05) is 42.5 Å². The first kappa shape index (κ1) is 22.9. The van der Waals surface area contributed by atoms with Crippen molar-refractivity contribution >= 4 is 24.0 Å². The molecule has 0 saturated carbocycles. The second-order valence-corrected chi connectivity index (χ2v) is 6.13. The predicted octanol–water partition coefficient (Wildman–Crippen LogP) is 4.08. The molecule has 2 aromatic rings. The van der Waals surface area contributed by atoms with Crippen molar-refractivity contribution < 1.29 is 19.1 Å². The molecule has 0 radical (unpaired) electrons. The molecular formula is C25H22N2O4. The number of carbonyl (C=O) groups is 2. The van der Waals surface area contributed by atoms with Gasteiger partial charge in [-0.05, 0) is 29.3 Å². The van der Waals surface area contributed by atoms with Crippen LogP contribution in [0.25, 0.3) is 12.2 Å². The largest absolute Gasteiger partial charge is 0.493 e. The van der Waals surface area contributed by atoms with Crippen LogP contribution in [0.2, 0.25) is 0 Å². The number of carbonyl (C=O) groups excluding carboxylic acids is 2. The Balaban J connectivity index is 2.08. The van der Waals surface area contributed by atoms with Gasteiger partial charge in [0.25, 0.3) is 5.91 Å². The highest BCUT2D eigenvalue weighted by Crippen LogP contribution is 2.29. The van der Waals surface area contributed by atoms with Crippen molar-refractivity contribution in [3.05, 3.63) is 96.1 Å². The summed E-state index contributed by atoms with van der Waals surface area (Å²) < 4.78 is 10.6. The van der Waals surface area contributed by atoms with E-state index in [9.17, 15) is 14.9 Å². The van der Waals surface area contributed by atoms with Crippen molar-refractivity contribution in [3.8, 4) is 17.6 Å². The fraction of sp³-hybridized carbons (Fsp3) is 0.0800. The monoisotopic (exact) mass is 414 g/mol. The number of hydrogen-bond donors (Lipinski definition) is 1. The van der Waals surface area contributed by atoms with Gasteiger partial charge >= 0.3 is 5.97 Å². The van der Waals surface area contributed by atoms with E-state index in [4.69, 9.17) is 9.47 Å². The van der Waals surface area contributed by atoms with E-state index >= 15 is 0 Å². The number of ether oxygens (including phenoxy) is 2. The zero-order valence-electron chi connectivity index (χ0n) is 17.1. The van der Waals surface area contributed by atoms with Crippen LogP contribution in [0.4, 0.5) is 0 Å². The number of nitriles is 1. The molecule has 0 aromatic heterocycles. The number of nitrogens with zero attached hydrogens (tertiary/aromatic N) is 1. The number of amides is 1. The molecule has 1 N–H and O–H groups in total. The Morgan fingerprint density at radius 1 is 1.10 bits per heavy atom. The van der Waals surface area contributed by atoms with Crippen molar-refractivity contribution in [2.45, 2.75) is 0 Å². The van der Waals surface area contributed by atoms with Crippen LogP contribution in [0.3, 0.4) is 0 Å². The van der Waals surface area contributed by atoms with Crippen LogP contribution in [-0.2, 0) is 9.59 Å². The van der Waals surface area contributed by atoms with Crippen molar-refractivity contribution in [2.75, 3.05) is 13.7 Å². The first-order valence-corrected chi connectivity index (χ1v) is 9.38. The van der Waals surface area contributed by atoms with Crippen LogP contribution in [0, 0.1) is 11.3 Å². The lowest BCUT2D eigenvalue weighted by Gasteiger charge is -2.09. The summed E-state index contributed by atoms with van der Waals surface area (Å²) in [5.41, 5.74) is 1.49. The van der Waals surface area contributed by atoms with Gasteiger partial charge in [-0.1, -0.05) is 60.7 Å². The Hall–Kier alpha value is -4.37. The molecule has 0 aliphatic heterocycles. The second-order valence-electron chi connectivity index (χ2n) is 6.13. The molecule has 2 aromatic carbocycles. The van der Waals surface area contributed by atoms with E-state index in [-0.39, 0.29) is 17.9 Å². The first-order valence-electron chi connectivity index (χ1n) is 9.38. The summed E-state index contributed by atoms with van der Waals surface area (Å²) in [7, 11) is 1.43. The summed E-state index contributed by atoms with van der Waals surface area (Å²) in [6.07, 6.45) is 9.42. The molecule has 0 aliphatic rings. The lowest BCUT2D eigenvalue weighted by atomic mass is 10.1. The Morgan fingerprint density at radius 2 is 1.87 bits per heavy atom. The van der Waals surface area contributed by atoms with Crippen LogP contribution in [0.1, 0.15) is 11.1 Å². The molecule has 0 heterocycles. The molecule has 0 atom stereocenters. The molecule has 156 valence electrons. The third-order valence-electron chi connectivity index (χ3n) is 3.91. The van der Waals surface area contributed by atoms with Crippen LogP contribution in [0.5, 0.6) is 11.5 Å². The van der Waals surface area contributed by atoms with E-state index in [1.54, 1.807) is 24.3 Å². The highest BCUT2D eigenvalue weighted by atomic mass is 16.6. The Bertz CT molecular complexity index is 1060. The fourth-order valence-corrected chi connectivity index (χ4v) is 2.44.